The maximum absolute atomic E-state index is 15.0. The summed E-state index contributed by atoms with van der Waals surface area (Å²) in [5, 5.41) is 18.0. The zero-order valence-electron chi connectivity index (χ0n) is 20.3. The van der Waals surface area contributed by atoms with Gasteiger partial charge in [0.25, 0.3) is 0 Å². The number of primary sulfonamides is 1. The molecule has 0 fully saturated rings. The third kappa shape index (κ3) is 6.50. The summed E-state index contributed by atoms with van der Waals surface area (Å²) in [4.78, 5) is 21.2. The van der Waals surface area contributed by atoms with Gasteiger partial charge in [-0.15, -0.1) is 5.10 Å². The number of sulfonamides is 1. The van der Waals surface area contributed by atoms with E-state index in [1.165, 1.54) is 22.5 Å². The van der Waals surface area contributed by atoms with Crippen molar-refractivity contribution in [2.75, 3.05) is 6.61 Å². The van der Waals surface area contributed by atoms with Crippen LogP contribution in [0.3, 0.4) is 0 Å². The molecule has 0 bridgehead atoms. The molecule has 0 aliphatic heterocycles. The van der Waals surface area contributed by atoms with Crippen molar-refractivity contribution >= 4 is 16.0 Å². The number of nitrogens with two attached hydrogens (primary N) is 1. The van der Waals surface area contributed by atoms with Crippen LogP contribution in [-0.2, 0) is 37.4 Å². The van der Waals surface area contributed by atoms with Gasteiger partial charge in [0, 0.05) is 6.42 Å². The molecule has 11 nitrogen and oxygen atoms in total. The topological polar surface area (TPSA) is 159 Å². The number of carbonyl (C=O) groups excluding carboxylic acids is 1. The van der Waals surface area contributed by atoms with Crippen molar-refractivity contribution in [2.45, 2.75) is 45.6 Å². The van der Waals surface area contributed by atoms with Gasteiger partial charge in [-0.3, -0.25) is 14.8 Å². The van der Waals surface area contributed by atoms with E-state index >= 15 is 0 Å². The normalized spacial score (nSPS) is 12.1. The third-order valence-corrected chi connectivity index (χ3v) is 6.34. The lowest BCUT2D eigenvalue weighted by Gasteiger charge is -2.20. The van der Waals surface area contributed by atoms with Gasteiger partial charge >= 0.3 is 5.97 Å². The number of nitrogens with one attached hydrogen (secondary N) is 1. The molecule has 0 aliphatic carbocycles. The zero-order chi connectivity index (χ0) is 26.7. The molecular formula is C23H28FN5O6S. The number of hydrogen-bond donors (Lipinski definition) is 3. The Hall–Kier alpha value is -3.23. The van der Waals surface area contributed by atoms with Crippen molar-refractivity contribution in [3.05, 3.63) is 70.6 Å². The summed E-state index contributed by atoms with van der Waals surface area (Å²) in [6.45, 7) is 6.54. The number of halogens is 1. The molecule has 3 aromatic rings. The minimum Gasteiger partial charge on any atom is -0.457 e. The Morgan fingerprint density at radius 1 is 1.22 bits per heavy atom. The fraction of sp³-hybridized carbons (Fsp3) is 0.348. The highest BCUT2D eigenvalue weighted by molar-refractivity contribution is 7.89. The van der Waals surface area contributed by atoms with Crippen LogP contribution in [0.15, 0.2) is 41.3 Å². The molecule has 0 saturated heterocycles. The van der Waals surface area contributed by atoms with Gasteiger partial charge in [0.15, 0.2) is 12.4 Å². The van der Waals surface area contributed by atoms with Gasteiger partial charge in [0.2, 0.25) is 10.0 Å². The molecule has 1 aromatic heterocycles. The van der Waals surface area contributed by atoms with Crippen LogP contribution in [0.25, 0.3) is 5.69 Å². The molecule has 0 amide bonds. The number of ether oxygens (including phenoxy) is 1. The first-order valence-corrected chi connectivity index (χ1v) is 12.4. The van der Waals surface area contributed by atoms with Crippen molar-refractivity contribution < 1.29 is 32.4 Å². The van der Waals surface area contributed by atoms with E-state index in [4.69, 9.17) is 15.1 Å². The van der Waals surface area contributed by atoms with Gasteiger partial charge < -0.3 is 4.74 Å². The highest BCUT2D eigenvalue weighted by atomic mass is 32.2. The van der Waals surface area contributed by atoms with E-state index in [2.05, 4.69) is 14.9 Å². The molecule has 13 heteroatoms. The number of benzene rings is 2. The molecule has 0 radical (unpaired) electrons. The van der Waals surface area contributed by atoms with Crippen molar-refractivity contribution in [3.8, 4) is 5.69 Å². The smallest absolute Gasteiger partial charge is 0.314 e. The molecule has 36 heavy (non-hydrogen) atoms. The van der Waals surface area contributed by atoms with Gasteiger partial charge in [0.05, 0.1) is 16.9 Å². The Bertz CT molecular complexity index is 1370. The molecule has 3 rings (SSSR count). The predicted molar refractivity (Wildman–Crippen MR) is 126 cm³/mol. The molecule has 2 aromatic carbocycles. The van der Waals surface area contributed by atoms with Crippen LogP contribution in [0.2, 0.25) is 0 Å². The molecule has 0 spiro atoms. The largest absolute Gasteiger partial charge is 0.457 e. The molecule has 0 saturated carbocycles. The van der Waals surface area contributed by atoms with Crippen LogP contribution in [0.5, 0.6) is 0 Å². The van der Waals surface area contributed by atoms with Crippen molar-refractivity contribution in [2.24, 2.45) is 10.6 Å². The fourth-order valence-electron chi connectivity index (χ4n) is 3.35. The first-order valence-electron chi connectivity index (χ1n) is 10.8. The van der Waals surface area contributed by atoms with Crippen LogP contribution in [0.4, 0.5) is 4.39 Å². The summed E-state index contributed by atoms with van der Waals surface area (Å²) in [7, 11) is -4.10. The maximum Gasteiger partial charge on any atom is 0.314 e. The maximum atomic E-state index is 15.0. The number of aryl methyl sites for hydroxylation is 2. The van der Waals surface area contributed by atoms with Crippen LogP contribution < -0.4 is 10.8 Å². The molecular weight excluding hydrogens is 493 g/mol. The lowest BCUT2D eigenvalue weighted by Crippen LogP contribution is -2.33. The van der Waals surface area contributed by atoms with Crippen molar-refractivity contribution in [1.29, 1.82) is 0 Å². The summed E-state index contributed by atoms with van der Waals surface area (Å²) in [5.41, 5.74) is 3.34. The summed E-state index contributed by atoms with van der Waals surface area (Å²) in [6.07, 6.45) is 0.284. The quantitative estimate of drug-likeness (QED) is 0.269. The second kappa shape index (κ2) is 10.8. The fourth-order valence-corrected chi connectivity index (χ4v) is 3.88. The Morgan fingerprint density at radius 2 is 1.94 bits per heavy atom. The van der Waals surface area contributed by atoms with Gasteiger partial charge in [-0.05, 0) is 57.0 Å². The Balaban J connectivity index is 1.97. The summed E-state index contributed by atoms with van der Waals surface area (Å²) >= 11 is 0. The second-order valence-corrected chi connectivity index (χ2v) is 10.5. The number of rotatable bonds is 10. The number of aromatic nitrogens is 3. The Morgan fingerprint density at radius 3 is 2.58 bits per heavy atom. The van der Waals surface area contributed by atoms with Crippen LogP contribution in [-0.4, -0.2) is 41.0 Å². The minimum atomic E-state index is -4.10. The van der Waals surface area contributed by atoms with E-state index in [1.807, 2.05) is 32.0 Å². The first kappa shape index (κ1) is 27.4. The number of esters is 1. The second-order valence-electron chi connectivity index (χ2n) is 8.96. The Labute approximate surface area is 208 Å². The lowest BCUT2D eigenvalue weighted by molar-refractivity contribution is -0.175. The highest BCUT2D eigenvalue weighted by Crippen LogP contribution is 2.23. The molecule has 0 unspecified atom stereocenters. The van der Waals surface area contributed by atoms with E-state index in [1.54, 1.807) is 13.8 Å². The average molecular weight is 522 g/mol. The summed E-state index contributed by atoms with van der Waals surface area (Å²) < 4.78 is 44.8. The van der Waals surface area contributed by atoms with Gasteiger partial charge in [0.1, 0.15) is 17.3 Å². The van der Waals surface area contributed by atoms with Gasteiger partial charge in [-0.1, -0.05) is 29.4 Å². The highest BCUT2D eigenvalue weighted by Gasteiger charge is 2.31. The number of carbonyl (C=O) groups is 1. The van der Waals surface area contributed by atoms with Crippen molar-refractivity contribution in [3.63, 3.8) is 0 Å². The molecule has 4 N–H and O–H groups in total. The van der Waals surface area contributed by atoms with E-state index in [0.29, 0.717) is 5.82 Å². The first-order chi connectivity index (χ1) is 16.8. The third-order valence-electron chi connectivity index (χ3n) is 5.43. The van der Waals surface area contributed by atoms with Gasteiger partial charge in [-0.25, -0.2) is 27.6 Å². The van der Waals surface area contributed by atoms with E-state index < -0.39 is 27.2 Å². The molecule has 1 heterocycles. The van der Waals surface area contributed by atoms with Crippen LogP contribution >= 0.6 is 0 Å². The van der Waals surface area contributed by atoms with Gasteiger partial charge in [-0.2, -0.15) is 0 Å². The monoisotopic (exact) mass is 521 g/mol. The predicted octanol–water partition coefficient (Wildman–Crippen LogP) is 2.24. The number of nitrogens with zero attached hydrogens (tertiary/aromatic N) is 3. The number of hydrogen-bond acceptors (Lipinski definition) is 9. The van der Waals surface area contributed by atoms with E-state index in [-0.39, 0.29) is 36.0 Å². The molecule has 0 atom stereocenters. The Kier molecular flexibility index (Phi) is 8.21. The van der Waals surface area contributed by atoms with Crippen LogP contribution in [0, 0.1) is 25.1 Å². The lowest BCUT2D eigenvalue weighted by atomic mass is 9.95. The summed E-state index contributed by atoms with van der Waals surface area (Å²) in [6, 6.07) is 9.14. The minimum absolute atomic E-state index is 0.0458. The standard InChI is InChI=1S/C23H28FN5O6S/c1-14-5-6-15(2)16(9-14)10-21-26-20(12-34-22(30)23(3,4)13-35-28-31)27-29(21)19-8-7-17(11-18(19)24)36(25,32)33/h5-9,11,28,31H,10,12-13H2,1-4H3,(H2,25,32,33). The zero-order valence-corrected chi connectivity index (χ0v) is 21.1. The summed E-state index contributed by atoms with van der Waals surface area (Å²) in [5.74, 6) is -1.04. The SMILES string of the molecule is Cc1ccc(C)c(Cc2nc(COC(=O)C(C)(C)CONO)nn2-c2ccc(S(N)(=O)=O)cc2F)c1. The van der Waals surface area contributed by atoms with Crippen LogP contribution in [0.1, 0.15) is 42.2 Å². The van der Waals surface area contributed by atoms with E-state index in [9.17, 15) is 17.6 Å². The average Bonchev–Trinajstić information content (AvgIpc) is 3.20. The van der Waals surface area contributed by atoms with E-state index in [0.717, 1.165) is 22.8 Å². The van der Waals surface area contributed by atoms with Crippen molar-refractivity contribution in [1.82, 2.24) is 20.4 Å². The molecule has 194 valence electrons. The molecule has 0 aliphatic rings.